The summed E-state index contributed by atoms with van der Waals surface area (Å²) in [7, 11) is 0. The third-order valence-corrected chi connectivity index (χ3v) is 4.15. The number of hydrogen-bond donors (Lipinski definition) is 2. The Bertz CT molecular complexity index is 450. The molecule has 5 nitrogen and oxygen atoms in total. The van der Waals surface area contributed by atoms with E-state index in [2.05, 4.69) is 10.5 Å². The summed E-state index contributed by atoms with van der Waals surface area (Å²) in [6.45, 7) is 5.77. The number of amides is 1. The maximum absolute atomic E-state index is 12.1. The van der Waals surface area contributed by atoms with Crippen LogP contribution < -0.4 is 5.32 Å². The van der Waals surface area contributed by atoms with E-state index in [-0.39, 0.29) is 17.9 Å². The minimum absolute atomic E-state index is 0.0107. The first-order valence-corrected chi connectivity index (χ1v) is 7.39. The Morgan fingerprint density at radius 3 is 2.75 bits per heavy atom. The molecule has 0 bridgehead atoms. The molecule has 1 fully saturated rings. The quantitative estimate of drug-likeness (QED) is 0.886. The van der Waals surface area contributed by atoms with Gasteiger partial charge in [0.15, 0.2) is 0 Å². The van der Waals surface area contributed by atoms with Crippen LogP contribution in [0.4, 0.5) is 0 Å². The molecule has 0 aromatic carbocycles. The first-order chi connectivity index (χ1) is 9.49. The smallest absolute Gasteiger partial charge is 0.220 e. The molecule has 1 heterocycles. The lowest BCUT2D eigenvalue weighted by Crippen LogP contribution is -2.45. The van der Waals surface area contributed by atoms with Gasteiger partial charge >= 0.3 is 0 Å². The molecule has 5 heteroatoms. The van der Waals surface area contributed by atoms with Crippen molar-refractivity contribution >= 4 is 5.91 Å². The fourth-order valence-corrected chi connectivity index (χ4v) is 3.12. The van der Waals surface area contributed by atoms with Gasteiger partial charge in [0.25, 0.3) is 0 Å². The van der Waals surface area contributed by atoms with E-state index in [0.717, 1.165) is 42.7 Å². The molecule has 0 aliphatic heterocycles. The van der Waals surface area contributed by atoms with Gasteiger partial charge < -0.3 is 14.9 Å². The Hall–Kier alpha value is -1.36. The number of hydrogen-bond acceptors (Lipinski definition) is 4. The van der Waals surface area contributed by atoms with Crippen molar-refractivity contribution in [2.45, 2.75) is 70.9 Å². The van der Waals surface area contributed by atoms with Crippen molar-refractivity contribution in [3.8, 4) is 0 Å². The lowest BCUT2D eigenvalue weighted by molar-refractivity contribution is -0.123. The molecule has 1 aliphatic rings. The SMILES string of the molecule is Cc1noc(C)c1C(C)CC(=O)NC1CCCCC1O. The van der Waals surface area contributed by atoms with E-state index >= 15 is 0 Å². The number of aliphatic hydroxyl groups excluding tert-OH is 1. The zero-order chi connectivity index (χ0) is 14.7. The molecule has 2 N–H and O–H groups in total. The van der Waals surface area contributed by atoms with E-state index in [1.54, 1.807) is 0 Å². The van der Waals surface area contributed by atoms with Crippen molar-refractivity contribution in [3.05, 3.63) is 17.0 Å². The van der Waals surface area contributed by atoms with Gasteiger partial charge in [-0.15, -0.1) is 0 Å². The van der Waals surface area contributed by atoms with Crippen LogP contribution in [0.25, 0.3) is 0 Å². The number of aromatic nitrogens is 1. The van der Waals surface area contributed by atoms with Gasteiger partial charge in [-0.05, 0) is 32.6 Å². The predicted octanol–water partition coefficient (Wildman–Crippen LogP) is 2.20. The number of rotatable bonds is 4. The molecule has 112 valence electrons. The van der Waals surface area contributed by atoms with Crippen molar-refractivity contribution < 1.29 is 14.4 Å². The molecule has 1 saturated carbocycles. The van der Waals surface area contributed by atoms with Crippen LogP contribution in [0.2, 0.25) is 0 Å². The summed E-state index contributed by atoms with van der Waals surface area (Å²) in [5, 5.41) is 16.8. The first kappa shape index (κ1) is 15.0. The van der Waals surface area contributed by atoms with Gasteiger partial charge in [0, 0.05) is 12.0 Å². The maximum atomic E-state index is 12.1. The standard InChI is InChI=1S/C15H24N2O3/c1-9(15-10(2)17-20-11(15)3)8-14(19)16-12-6-4-5-7-13(12)18/h9,12-13,18H,4-8H2,1-3H3,(H,16,19). The monoisotopic (exact) mass is 280 g/mol. The molecule has 20 heavy (non-hydrogen) atoms. The highest BCUT2D eigenvalue weighted by Crippen LogP contribution is 2.26. The van der Waals surface area contributed by atoms with Gasteiger partial charge in [-0.1, -0.05) is 24.9 Å². The molecule has 1 amide bonds. The molecule has 1 aliphatic carbocycles. The second kappa shape index (κ2) is 6.39. The number of carbonyl (C=O) groups is 1. The Balaban J connectivity index is 1.91. The molecule has 0 saturated heterocycles. The number of nitrogens with zero attached hydrogens (tertiary/aromatic N) is 1. The van der Waals surface area contributed by atoms with Crippen molar-refractivity contribution in [2.24, 2.45) is 0 Å². The summed E-state index contributed by atoms with van der Waals surface area (Å²) in [5.41, 5.74) is 1.87. The summed E-state index contributed by atoms with van der Waals surface area (Å²) in [5.74, 6) is 0.839. The minimum Gasteiger partial charge on any atom is -0.391 e. The predicted molar refractivity (Wildman–Crippen MR) is 75.4 cm³/mol. The number of aliphatic hydroxyl groups is 1. The molecule has 0 spiro atoms. The highest BCUT2D eigenvalue weighted by molar-refractivity contribution is 5.77. The van der Waals surface area contributed by atoms with Gasteiger partial charge in [-0.2, -0.15) is 0 Å². The largest absolute Gasteiger partial charge is 0.391 e. The van der Waals surface area contributed by atoms with E-state index in [0.29, 0.717) is 6.42 Å². The molecule has 3 unspecified atom stereocenters. The maximum Gasteiger partial charge on any atom is 0.220 e. The van der Waals surface area contributed by atoms with E-state index in [9.17, 15) is 9.90 Å². The zero-order valence-corrected chi connectivity index (χ0v) is 12.5. The molecular weight excluding hydrogens is 256 g/mol. The van der Waals surface area contributed by atoms with E-state index in [1.807, 2.05) is 20.8 Å². The van der Waals surface area contributed by atoms with Crippen molar-refractivity contribution in [3.63, 3.8) is 0 Å². The first-order valence-electron chi connectivity index (χ1n) is 7.39. The Labute approximate surface area is 119 Å². The second-order valence-corrected chi connectivity index (χ2v) is 5.87. The summed E-state index contributed by atoms with van der Waals surface area (Å²) in [6.07, 6.45) is 3.76. The van der Waals surface area contributed by atoms with Crippen LogP contribution in [-0.4, -0.2) is 28.3 Å². The van der Waals surface area contributed by atoms with Crippen LogP contribution >= 0.6 is 0 Å². The number of nitrogens with one attached hydrogen (secondary N) is 1. The lowest BCUT2D eigenvalue weighted by Gasteiger charge is -2.28. The van der Waals surface area contributed by atoms with Gasteiger partial charge in [0.2, 0.25) is 5.91 Å². The molecular formula is C15H24N2O3. The molecule has 3 atom stereocenters. The van der Waals surface area contributed by atoms with Crippen LogP contribution in [0.5, 0.6) is 0 Å². The minimum atomic E-state index is -0.401. The van der Waals surface area contributed by atoms with Crippen LogP contribution in [0, 0.1) is 13.8 Å². The Morgan fingerprint density at radius 2 is 2.15 bits per heavy atom. The summed E-state index contributed by atoms with van der Waals surface area (Å²) in [6, 6.07) is -0.0897. The lowest BCUT2D eigenvalue weighted by atomic mass is 9.91. The van der Waals surface area contributed by atoms with Crippen molar-refractivity contribution in [1.82, 2.24) is 10.5 Å². The summed E-state index contributed by atoms with van der Waals surface area (Å²) in [4.78, 5) is 12.1. The topological polar surface area (TPSA) is 75.4 Å². The molecule has 0 radical (unpaired) electrons. The fraction of sp³-hybridized carbons (Fsp3) is 0.733. The van der Waals surface area contributed by atoms with E-state index in [4.69, 9.17) is 4.52 Å². The highest BCUT2D eigenvalue weighted by Gasteiger charge is 2.26. The van der Waals surface area contributed by atoms with Crippen LogP contribution in [0.15, 0.2) is 4.52 Å². The average Bonchev–Trinajstić information content (AvgIpc) is 2.72. The molecule has 2 rings (SSSR count). The van der Waals surface area contributed by atoms with Crippen LogP contribution in [-0.2, 0) is 4.79 Å². The van der Waals surface area contributed by atoms with Gasteiger partial charge in [-0.3, -0.25) is 4.79 Å². The average molecular weight is 280 g/mol. The van der Waals surface area contributed by atoms with Gasteiger partial charge in [0.05, 0.1) is 17.8 Å². The fourth-order valence-electron chi connectivity index (χ4n) is 3.12. The second-order valence-electron chi connectivity index (χ2n) is 5.87. The number of carbonyl (C=O) groups excluding carboxylic acids is 1. The van der Waals surface area contributed by atoms with Gasteiger partial charge in [0.1, 0.15) is 5.76 Å². The van der Waals surface area contributed by atoms with Crippen LogP contribution in [0.3, 0.4) is 0 Å². The zero-order valence-electron chi connectivity index (χ0n) is 12.5. The summed E-state index contributed by atoms with van der Waals surface area (Å²) >= 11 is 0. The number of aryl methyl sites for hydroxylation is 2. The third-order valence-electron chi connectivity index (χ3n) is 4.15. The van der Waals surface area contributed by atoms with Crippen LogP contribution in [0.1, 0.15) is 62.0 Å². The Kier molecular flexibility index (Phi) is 4.81. The summed E-state index contributed by atoms with van der Waals surface area (Å²) < 4.78 is 5.14. The van der Waals surface area contributed by atoms with Gasteiger partial charge in [-0.25, -0.2) is 0 Å². The normalized spacial score (nSPS) is 24.4. The van der Waals surface area contributed by atoms with Crippen molar-refractivity contribution in [1.29, 1.82) is 0 Å². The van der Waals surface area contributed by atoms with Crippen molar-refractivity contribution in [2.75, 3.05) is 0 Å². The third kappa shape index (κ3) is 3.39. The van der Waals surface area contributed by atoms with E-state index < -0.39 is 6.10 Å². The highest BCUT2D eigenvalue weighted by atomic mass is 16.5. The van der Waals surface area contributed by atoms with E-state index in [1.165, 1.54) is 0 Å². The Morgan fingerprint density at radius 1 is 1.45 bits per heavy atom. The molecule has 1 aromatic heterocycles. The molecule has 1 aromatic rings.